The van der Waals surface area contributed by atoms with Crippen LogP contribution in [0.25, 0.3) is 0 Å². The van der Waals surface area contributed by atoms with Crippen LogP contribution in [0.4, 0.5) is 0 Å². The van der Waals surface area contributed by atoms with Gasteiger partial charge in [0, 0.05) is 13.5 Å². The lowest BCUT2D eigenvalue weighted by Gasteiger charge is -2.37. The van der Waals surface area contributed by atoms with E-state index in [2.05, 4.69) is 44.5 Å². The summed E-state index contributed by atoms with van der Waals surface area (Å²) in [7, 11) is -2.23. The molecule has 0 spiro atoms. The Morgan fingerprint density at radius 2 is 1.46 bits per heavy atom. The topological polar surface area (TPSA) is 0 Å². The fraction of sp³-hybridized carbons (Fsp3) is 0.909. The van der Waals surface area contributed by atoms with Gasteiger partial charge < -0.3 is 0 Å². The zero-order valence-electron chi connectivity index (χ0n) is 17.2. The van der Waals surface area contributed by atoms with E-state index in [4.69, 9.17) is 0 Å². The molecular weight excluding hydrogens is 320 g/mol. The highest BCUT2D eigenvalue weighted by atomic mass is 28.3. The number of rotatable bonds is 3. The molecule has 4 aliphatic carbocycles. The number of hydrogen-bond acceptors (Lipinski definition) is 0. The minimum Gasteiger partial charge on any atom is -0.0705 e. The summed E-state index contributed by atoms with van der Waals surface area (Å²) < 4.78 is 0. The van der Waals surface area contributed by atoms with Gasteiger partial charge in [-0.15, -0.1) is 0 Å². The Bertz CT molecular complexity index is 557. The maximum atomic E-state index is 2.69. The highest BCUT2D eigenvalue weighted by molar-refractivity contribution is 6.85. The lowest BCUT2D eigenvalue weighted by molar-refractivity contribution is 0.235. The van der Waals surface area contributed by atoms with Crippen molar-refractivity contribution in [1.29, 1.82) is 0 Å². The molecule has 0 aromatic carbocycles. The molecule has 0 radical (unpaired) electrons. The first kappa shape index (κ1) is 17.6. The molecule has 24 heavy (non-hydrogen) atoms. The molecule has 0 N–H and O–H groups in total. The second-order valence-electron chi connectivity index (χ2n) is 11.7. The van der Waals surface area contributed by atoms with Crippen LogP contribution in [0.5, 0.6) is 0 Å². The van der Waals surface area contributed by atoms with Crippen molar-refractivity contribution in [2.24, 2.45) is 16.7 Å². The maximum Gasteiger partial charge on any atom is 0.0736 e. The summed E-state index contributed by atoms with van der Waals surface area (Å²) in [5.41, 5.74) is 4.59. The van der Waals surface area contributed by atoms with Crippen LogP contribution < -0.4 is 0 Å². The third-order valence-corrected chi connectivity index (χ3v) is 13.3. The standard InChI is InChI=1S/C22H40Si2/c1-23(2,3)19-17-13-9-7-11-15-21(17,19)22-16-12-8-10-14-18(22)20(22)24(4,5)6/h17,19H,7-16H2,1-6H3. The van der Waals surface area contributed by atoms with E-state index in [1.807, 2.05) is 5.57 Å². The zero-order valence-corrected chi connectivity index (χ0v) is 19.2. The van der Waals surface area contributed by atoms with Gasteiger partial charge in [0.25, 0.3) is 0 Å². The molecule has 0 bridgehead atoms. The highest BCUT2D eigenvalue weighted by Gasteiger charge is 2.81. The fourth-order valence-corrected chi connectivity index (χ4v) is 14.8. The Balaban J connectivity index is 1.79. The van der Waals surface area contributed by atoms with Gasteiger partial charge in [-0.1, -0.05) is 82.2 Å². The second kappa shape index (κ2) is 5.34. The predicted molar refractivity (Wildman–Crippen MR) is 112 cm³/mol. The molecule has 0 heterocycles. The van der Waals surface area contributed by atoms with Gasteiger partial charge in [-0.2, -0.15) is 0 Å². The summed E-state index contributed by atoms with van der Waals surface area (Å²) >= 11 is 0. The van der Waals surface area contributed by atoms with Crippen LogP contribution in [0.1, 0.15) is 64.2 Å². The van der Waals surface area contributed by atoms with E-state index < -0.39 is 16.1 Å². The Labute approximate surface area is 152 Å². The van der Waals surface area contributed by atoms with E-state index in [0.29, 0.717) is 5.41 Å². The van der Waals surface area contributed by atoms with Crippen LogP contribution in [-0.4, -0.2) is 16.1 Å². The van der Waals surface area contributed by atoms with Gasteiger partial charge in [-0.25, -0.2) is 0 Å². The SMILES string of the molecule is C[Si](C)(C)C1=C2CCCCCC21C12CCCCCC1C2[Si](C)(C)C. The highest BCUT2D eigenvalue weighted by Crippen LogP contribution is 2.88. The number of fused-ring (bicyclic) bond motifs is 3. The van der Waals surface area contributed by atoms with Crippen LogP contribution in [-0.2, 0) is 0 Å². The van der Waals surface area contributed by atoms with Gasteiger partial charge in [0.2, 0.25) is 0 Å². The van der Waals surface area contributed by atoms with Crippen molar-refractivity contribution in [3.8, 4) is 0 Å². The molecule has 0 nitrogen and oxygen atoms in total. The van der Waals surface area contributed by atoms with Crippen LogP contribution in [0.3, 0.4) is 0 Å². The minimum atomic E-state index is -1.16. The number of hydrogen-bond donors (Lipinski definition) is 0. The van der Waals surface area contributed by atoms with Crippen molar-refractivity contribution < 1.29 is 0 Å². The van der Waals surface area contributed by atoms with Gasteiger partial charge >= 0.3 is 0 Å². The Morgan fingerprint density at radius 3 is 2.12 bits per heavy atom. The average molecular weight is 361 g/mol. The van der Waals surface area contributed by atoms with Gasteiger partial charge in [0.05, 0.1) is 8.07 Å². The van der Waals surface area contributed by atoms with Crippen LogP contribution in [0.15, 0.2) is 10.8 Å². The van der Waals surface area contributed by atoms with Gasteiger partial charge in [0.1, 0.15) is 0 Å². The molecule has 0 aliphatic heterocycles. The third kappa shape index (κ3) is 2.20. The van der Waals surface area contributed by atoms with E-state index in [-0.39, 0.29) is 0 Å². The third-order valence-electron chi connectivity index (χ3n) is 8.25. The smallest absolute Gasteiger partial charge is 0.0705 e. The molecule has 0 amide bonds. The van der Waals surface area contributed by atoms with E-state index >= 15 is 0 Å². The van der Waals surface area contributed by atoms with E-state index in [1.54, 1.807) is 19.3 Å². The Kier molecular flexibility index (Phi) is 3.91. The molecule has 0 aromatic rings. The van der Waals surface area contributed by atoms with E-state index in [1.165, 1.54) is 44.9 Å². The Morgan fingerprint density at radius 1 is 0.792 bits per heavy atom. The fourth-order valence-electron chi connectivity index (χ4n) is 8.11. The molecule has 136 valence electrons. The van der Waals surface area contributed by atoms with Crippen molar-refractivity contribution >= 4 is 16.1 Å². The first-order valence-corrected chi connectivity index (χ1v) is 18.0. The normalized spacial score (nSPS) is 42.8. The number of allylic oxidation sites excluding steroid dienone is 2. The quantitative estimate of drug-likeness (QED) is 0.459. The summed E-state index contributed by atoms with van der Waals surface area (Å²) in [6.45, 7) is 16.0. The molecule has 4 unspecified atom stereocenters. The minimum absolute atomic E-state index is 0.661. The lowest BCUT2D eigenvalue weighted by atomic mass is 9.73. The van der Waals surface area contributed by atoms with Crippen LogP contribution >= 0.6 is 0 Å². The largest absolute Gasteiger partial charge is 0.0736 e. The molecule has 3 fully saturated rings. The molecule has 3 saturated carbocycles. The molecule has 2 heteroatoms. The summed E-state index contributed by atoms with van der Waals surface area (Å²) in [6.07, 6.45) is 15.3. The van der Waals surface area contributed by atoms with Gasteiger partial charge in [-0.3, -0.25) is 0 Å². The average Bonchev–Trinajstić information content (AvgIpc) is 3.25. The summed E-state index contributed by atoms with van der Waals surface area (Å²) in [4.78, 5) is 0. The lowest BCUT2D eigenvalue weighted by Crippen LogP contribution is -2.35. The first-order chi connectivity index (χ1) is 11.2. The molecule has 4 aliphatic rings. The summed E-state index contributed by atoms with van der Waals surface area (Å²) in [5.74, 6) is 1.11. The predicted octanol–water partition coefficient (Wildman–Crippen LogP) is 7.41. The molecule has 0 aromatic heterocycles. The monoisotopic (exact) mass is 360 g/mol. The molecule has 4 rings (SSSR count). The summed E-state index contributed by atoms with van der Waals surface area (Å²) in [6, 6.07) is 0. The summed E-state index contributed by atoms with van der Waals surface area (Å²) in [5, 5.41) is 2.10. The maximum absolute atomic E-state index is 2.69. The van der Waals surface area contributed by atoms with Gasteiger partial charge in [0.15, 0.2) is 0 Å². The van der Waals surface area contributed by atoms with Gasteiger partial charge in [-0.05, 0) is 49.0 Å². The van der Waals surface area contributed by atoms with Crippen molar-refractivity contribution in [2.45, 2.75) is 109 Å². The Hall–Kier alpha value is 0.174. The van der Waals surface area contributed by atoms with Crippen molar-refractivity contribution in [2.75, 3.05) is 0 Å². The van der Waals surface area contributed by atoms with Crippen LogP contribution in [0, 0.1) is 16.7 Å². The van der Waals surface area contributed by atoms with Crippen molar-refractivity contribution in [3.63, 3.8) is 0 Å². The first-order valence-electron chi connectivity index (χ1n) is 10.9. The zero-order chi connectivity index (χ0) is 17.4. The molecule has 4 atom stereocenters. The second-order valence-corrected chi connectivity index (χ2v) is 22.0. The molecule has 0 saturated heterocycles. The van der Waals surface area contributed by atoms with E-state index in [0.717, 1.165) is 16.9 Å². The van der Waals surface area contributed by atoms with Crippen molar-refractivity contribution in [1.82, 2.24) is 0 Å². The van der Waals surface area contributed by atoms with Crippen molar-refractivity contribution in [3.05, 3.63) is 10.8 Å². The molecular formula is C22H40Si2. The van der Waals surface area contributed by atoms with E-state index in [9.17, 15) is 0 Å². The van der Waals surface area contributed by atoms with Crippen LogP contribution in [0.2, 0.25) is 44.8 Å².